The van der Waals surface area contributed by atoms with E-state index in [2.05, 4.69) is 5.48 Å². The van der Waals surface area contributed by atoms with Crippen LogP contribution < -0.4 is 5.48 Å². The summed E-state index contributed by atoms with van der Waals surface area (Å²) in [6.07, 6.45) is 2.93. The van der Waals surface area contributed by atoms with E-state index in [0.29, 0.717) is 6.61 Å². The molecular weight excluding hydrogens is 116 g/mol. The molecule has 9 heavy (non-hydrogen) atoms. The Bertz CT molecular complexity index is 106. The van der Waals surface area contributed by atoms with Gasteiger partial charge in [-0.2, -0.15) is 0 Å². The second kappa shape index (κ2) is 5.31. The van der Waals surface area contributed by atoms with Crippen molar-refractivity contribution in [3.05, 3.63) is 11.6 Å². The van der Waals surface area contributed by atoms with Crippen molar-refractivity contribution in [1.29, 1.82) is 5.41 Å². The first-order valence-electron chi connectivity index (χ1n) is 2.77. The molecule has 0 saturated heterocycles. The summed E-state index contributed by atoms with van der Waals surface area (Å²) in [6, 6.07) is 0. The van der Waals surface area contributed by atoms with E-state index in [0.717, 1.165) is 6.34 Å². The molecular formula is C6H12N2O. The lowest BCUT2D eigenvalue weighted by atomic mass is 10.3. The maximum Gasteiger partial charge on any atom is 0.104 e. The Morgan fingerprint density at radius 3 is 2.78 bits per heavy atom. The molecule has 0 heterocycles. The summed E-state index contributed by atoms with van der Waals surface area (Å²) in [5.41, 5.74) is 3.51. The van der Waals surface area contributed by atoms with Crippen molar-refractivity contribution < 1.29 is 4.84 Å². The highest BCUT2D eigenvalue weighted by Crippen LogP contribution is 1.85. The number of rotatable bonds is 4. The van der Waals surface area contributed by atoms with E-state index in [1.165, 1.54) is 5.57 Å². The molecule has 0 amide bonds. The lowest BCUT2D eigenvalue weighted by molar-refractivity contribution is 0.113. The maximum atomic E-state index is 6.51. The Kier molecular flexibility index (Phi) is 4.82. The fourth-order valence-corrected chi connectivity index (χ4v) is 0.298. The van der Waals surface area contributed by atoms with Gasteiger partial charge in [-0.15, -0.1) is 0 Å². The standard InChI is InChI=1S/C6H12N2O/c1-6(2)3-4-9-8-5-7/h3,5H,4H2,1-2H3,(H2,7,8). The molecule has 0 atom stereocenters. The zero-order valence-corrected chi connectivity index (χ0v) is 5.77. The van der Waals surface area contributed by atoms with Gasteiger partial charge in [0, 0.05) is 0 Å². The Balaban J connectivity index is 3.09. The van der Waals surface area contributed by atoms with Crippen LogP contribution in [0.2, 0.25) is 0 Å². The van der Waals surface area contributed by atoms with Crippen LogP contribution in [0.1, 0.15) is 13.8 Å². The number of hydrogen-bond acceptors (Lipinski definition) is 2. The topological polar surface area (TPSA) is 45.1 Å². The van der Waals surface area contributed by atoms with Crippen LogP contribution in [0, 0.1) is 5.41 Å². The van der Waals surface area contributed by atoms with Crippen LogP contribution in [0.15, 0.2) is 11.6 Å². The van der Waals surface area contributed by atoms with Crippen LogP contribution in [0.4, 0.5) is 0 Å². The van der Waals surface area contributed by atoms with E-state index in [9.17, 15) is 0 Å². The third-order valence-corrected chi connectivity index (χ3v) is 0.717. The molecule has 0 bridgehead atoms. The van der Waals surface area contributed by atoms with E-state index in [4.69, 9.17) is 10.2 Å². The second-order valence-corrected chi connectivity index (χ2v) is 1.85. The maximum absolute atomic E-state index is 6.51. The third-order valence-electron chi connectivity index (χ3n) is 0.717. The van der Waals surface area contributed by atoms with Gasteiger partial charge < -0.3 is 0 Å². The first-order chi connectivity index (χ1) is 4.27. The Hall–Kier alpha value is -0.830. The van der Waals surface area contributed by atoms with Crippen LogP contribution in [0.3, 0.4) is 0 Å². The molecule has 0 fully saturated rings. The minimum Gasteiger partial charge on any atom is -0.290 e. The zero-order valence-electron chi connectivity index (χ0n) is 5.77. The van der Waals surface area contributed by atoms with Gasteiger partial charge in [0.15, 0.2) is 0 Å². The minimum absolute atomic E-state index is 0.512. The molecule has 52 valence electrons. The Labute approximate surface area is 55.2 Å². The van der Waals surface area contributed by atoms with Crippen molar-refractivity contribution >= 4 is 6.34 Å². The summed E-state index contributed by atoms with van der Waals surface area (Å²) in [5, 5.41) is 6.51. The number of allylic oxidation sites excluding steroid dienone is 1. The lowest BCUT2D eigenvalue weighted by Gasteiger charge is -1.95. The second-order valence-electron chi connectivity index (χ2n) is 1.85. The largest absolute Gasteiger partial charge is 0.290 e. The van der Waals surface area contributed by atoms with Crippen molar-refractivity contribution in [3.63, 3.8) is 0 Å². The van der Waals surface area contributed by atoms with Crippen LogP contribution >= 0.6 is 0 Å². The zero-order chi connectivity index (χ0) is 7.11. The lowest BCUT2D eigenvalue weighted by Crippen LogP contribution is -2.10. The molecule has 0 radical (unpaired) electrons. The van der Waals surface area contributed by atoms with Gasteiger partial charge >= 0.3 is 0 Å². The predicted molar refractivity (Wildman–Crippen MR) is 37.3 cm³/mol. The van der Waals surface area contributed by atoms with E-state index >= 15 is 0 Å². The average Bonchev–Trinajstić information content (AvgIpc) is 1.80. The molecule has 2 N–H and O–H groups in total. The summed E-state index contributed by atoms with van der Waals surface area (Å²) >= 11 is 0. The van der Waals surface area contributed by atoms with Crippen molar-refractivity contribution in [2.24, 2.45) is 0 Å². The highest BCUT2D eigenvalue weighted by atomic mass is 16.6. The van der Waals surface area contributed by atoms with Crippen LogP contribution in [0.5, 0.6) is 0 Å². The number of hydrogen-bond donors (Lipinski definition) is 2. The van der Waals surface area contributed by atoms with Gasteiger partial charge in [-0.3, -0.25) is 15.7 Å². The molecule has 0 rings (SSSR count). The summed E-state index contributed by atoms with van der Waals surface area (Å²) in [6.45, 7) is 4.50. The van der Waals surface area contributed by atoms with Gasteiger partial charge in [0.1, 0.15) is 6.34 Å². The van der Waals surface area contributed by atoms with Gasteiger partial charge in [0.2, 0.25) is 0 Å². The van der Waals surface area contributed by atoms with Crippen molar-refractivity contribution in [2.75, 3.05) is 6.61 Å². The fourth-order valence-electron chi connectivity index (χ4n) is 0.298. The molecule has 3 nitrogen and oxygen atoms in total. The summed E-state index contributed by atoms with van der Waals surface area (Å²) < 4.78 is 0. The van der Waals surface area contributed by atoms with Crippen molar-refractivity contribution in [3.8, 4) is 0 Å². The fraction of sp³-hybridized carbons (Fsp3) is 0.500. The van der Waals surface area contributed by atoms with Gasteiger partial charge in [0.25, 0.3) is 0 Å². The molecule has 0 aliphatic carbocycles. The average molecular weight is 128 g/mol. The molecule has 0 aliphatic rings. The summed E-state index contributed by atoms with van der Waals surface area (Å²) in [4.78, 5) is 4.72. The molecule has 0 saturated carbocycles. The molecule has 0 aromatic carbocycles. The van der Waals surface area contributed by atoms with E-state index < -0.39 is 0 Å². The molecule has 0 aliphatic heterocycles. The van der Waals surface area contributed by atoms with Crippen molar-refractivity contribution in [1.82, 2.24) is 5.48 Å². The highest BCUT2D eigenvalue weighted by Gasteiger charge is 1.77. The monoisotopic (exact) mass is 128 g/mol. The quantitative estimate of drug-likeness (QED) is 0.196. The smallest absolute Gasteiger partial charge is 0.104 e. The number of hydroxylamine groups is 1. The van der Waals surface area contributed by atoms with Crippen LogP contribution in [-0.2, 0) is 4.84 Å². The Morgan fingerprint density at radius 1 is 1.67 bits per heavy atom. The molecule has 0 spiro atoms. The predicted octanol–water partition coefficient (Wildman–Crippen LogP) is 1.08. The minimum atomic E-state index is 0.512. The molecule has 3 heteroatoms. The first-order valence-corrected chi connectivity index (χ1v) is 2.77. The molecule has 0 unspecified atom stereocenters. The van der Waals surface area contributed by atoms with E-state index in [-0.39, 0.29) is 0 Å². The van der Waals surface area contributed by atoms with E-state index in [1.54, 1.807) is 0 Å². The SMILES string of the molecule is CC(C)=CCONC=N. The van der Waals surface area contributed by atoms with Crippen LogP contribution in [0.25, 0.3) is 0 Å². The normalized spacial score (nSPS) is 8.22. The third kappa shape index (κ3) is 7.17. The Morgan fingerprint density at radius 2 is 2.33 bits per heavy atom. The van der Waals surface area contributed by atoms with Gasteiger partial charge in [-0.1, -0.05) is 11.6 Å². The molecule has 0 aromatic rings. The number of nitrogens with one attached hydrogen (secondary N) is 2. The van der Waals surface area contributed by atoms with Gasteiger partial charge in [-0.25, -0.2) is 0 Å². The van der Waals surface area contributed by atoms with Gasteiger partial charge in [0.05, 0.1) is 6.61 Å². The van der Waals surface area contributed by atoms with E-state index in [1.807, 2.05) is 19.9 Å². The first kappa shape index (κ1) is 8.17. The van der Waals surface area contributed by atoms with Gasteiger partial charge in [-0.05, 0) is 13.8 Å². The molecule has 0 aromatic heterocycles. The van der Waals surface area contributed by atoms with Crippen LogP contribution in [-0.4, -0.2) is 12.9 Å². The summed E-state index contributed by atoms with van der Waals surface area (Å²) in [7, 11) is 0. The highest BCUT2D eigenvalue weighted by molar-refractivity contribution is 5.47. The summed E-state index contributed by atoms with van der Waals surface area (Å²) in [5.74, 6) is 0. The van der Waals surface area contributed by atoms with Crippen molar-refractivity contribution in [2.45, 2.75) is 13.8 Å².